The maximum atomic E-state index is 12.7. The molecule has 3 heterocycles. The van der Waals surface area contributed by atoms with Crippen LogP contribution in [-0.2, 0) is 16.1 Å². The Balaban J connectivity index is 1.73. The number of likely N-dealkylation sites (tertiary alicyclic amines) is 2. The van der Waals surface area contributed by atoms with Gasteiger partial charge in [-0.3, -0.25) is 9.59 Å². The van der Waals surface area contributed by atoms with Gasteiger partial charge in [0.15, 0.2) is 0 Å². The Kier molecular flexibility index (Phi) is 4.19. The Hall–Kier alpha value is -2.37. The minimum Gasteiger partial charge on any atom is -0.341 e. The highest BCUT2D eigenvalue weighted by Gasteiger charge is 2.33. The number of nitrogens with zero attached hydrogens (tertiary/aromatic N) is 4. The van der Waals surface area contributed by atoms with E-state index in [1.165, 1.54) is 0 Å². The maximum absolute atomic E-state index is 12.7. The third-order valence-electron chi connectivity index (χ3n) is 5.39. The average molecular weight is 340 g/mol. The Labute approximate surface area is 147 Å². The summed E-state index contributed by atoms with van der Waals surface area (Å²) in [6, 6.07) is 7.89. The predicted molar refractivity (Wildman–Crippen MR) is 94.9 cm³/mol. The van der Waals surface area contributed by atoms with Gasteiger partial charge in [0, 0.05) is 26.6 Å². The molecule has 1 atom stereocenters. The van der Waals surface area contributed by atoms with Crippen LogP contribution in [-0.4, -0.2) is 50.8 Å². The second-order valence-corrected chi connectivity index (χ2v) is 7.00. The molecule has 4 rings (SSSR count). The van der Waals surface area contributed by atoms with Gasteiger partial charge in [-0.2, -0.15) is 0 Å². The average Bonchev–Trinajstić information content (AvgIpc) is 3.34. The van der Waals surface area contributed by atoms with E-state index in [4.69, 9.17) is 4.98 Å². The topological polar surface area (TPSA) is 58.4 Å². The lowest BCUT2D eigenvalue weighted by Crippen LogP contribution is -2.33. The normalized spacial score (nSPS) is 20.6. The van der Waals surface area contributed by atoms with E-state index in [1.54, 1.807) is 6.92 Å². The number of hydrogen-bond acceptors (Lipinski definition) is 3. The number of carbonyl (C=O) groups is 2. The lowest BCUT2D eigenvalue weighted by Gasteiger charge is -2.24. The summed E-state index contributed by atoms with van der Waals surface area (Å²) in [5, 5.41) is 0. The van der Waals surface area contributed by atoms with Crippen LogP contribution in [0.3, 0.4) is 0 Å². The number of aromatic nitrogens is 2. The van der Waals surface area contributed by atoms with Gasteiger partial charge in [-0.25, -0.2) is 4.98 Å². The minimum atomic E-state index is -0.0312. The summed E-state index contributed by atoms with van der Waals surface area (Å²) >= 11 is 0. The van der Waals surface area contributed by atoms with Crippen LogP contribution in [0.2, 0.25) is 0 Å². The van der Waals surface area contributed by atoms with E-state index in [2.05, 4.69) is 0 Å². The van der Waals surface area contributed by atoms with Gasteiger partial charge in [-0.1, -0.05) is 12.1 Å². The lowest BCUT2D eigenvalue weighted by atomic mass is 10.2. The van der Waals surface area contributed by atoms with Gasteiger partial charge in [-0.05, 0) is 37.8 Å². The van der Waals surface area contributed by atoms with Crippen LogP contribution < -0.4 is 0 Å². The fourth-order valence-electron chi connectivity index (χ4n) is 4.13. The van der Waals surface area contributed by atoms with Crippen LogP contribution in [0.5, 0.6) is 0 Å². The summed E-state index contributed by atoms with van der Waals surface area (Å²) < 4.78 is 2.03. The molecule has 0 N–H and O–H groups in total. The summed E-state index contributed by atoms with van der Waals surface area (Å²) in [4.78, 5) is 33.4. The largest absolute Gasteiger partial charge is 0.341 e. The number of para-hydroxylation sites is 2. The smallest absolute Gasteiger partial charge is 0.242 e. The standard InChI is InChI=1S/C19H24N4O2/c1-14(24)22-12-6-9-17(22)19-20-15-7-2-3-8-16(15)23(19)13-18(25)21-10-4-5-11-21/h2-3,7-8,17H,4-6,9-13H2,1H3. The van der Waals surface area contributed by atoms with Crippen molar-refractivity contribution in [3.63, 3.8) is 0 Å². The van der Waals surface area contributed by atoms with Crippen molar-refractivity contribution in [1.29, 1.82) is 0 Å². The molecule has 6 heteroatoms. The highest BCUT2D eigenvalue weighted by molar-refractivity contribution is 5.82. The molecular weight excluding hydrogens is 316 g/mol. The lowest BCUT2D eigenvalue weighted by molar-refractivity contribution is -0.130. The molecule has 25 heavy (non-hydrogen) atoms. The Bertz CT molecular complexity index is 807. The van der Waals surface area contributed by atoms with E-state index >= 15 is 0 Å². The molecule has 0 bridgehead atoms. The number of benzene rings is 1. The zero-order valence-corrected chi connectivity index (χ0v) is 14.6. The van der Waals surface area contributed by atoms with Gasteiger partial charge in [0.2, 0.25) is 11.8 Å². The fraction of sp³-hybridized carbons (Fsp3) is 0.526. The molecule has 2 aliphatic heterocycles. The number of fused-ring (bicyclic) bond motifs is 1. The Morgan fingerprint density at radius 2 is 1.88 bits per heavy atom. The Morgan fingerprint density at radius 1 is 1.12 bits per heavy atom. The molecule has 1 unspecified atom stereocenters. The molecule has 0 spiro atoms. The van der Waals surface area contributed by atoms with Gasteiger partial charge in [0.1, 0.15) is 12.4 Å². The van der Waals surface area contributed by atoms with Crippen LogP contribution in [0, 0.1) is 0 Å². The van der Waals surface area contributed by atoms with Gasteiger partial charge < -0.3 is 14.4 Å². The van der Waals surface area contributed by atoms with Crippen molar-refractivity contribution in [3.05, 3.63) is 30.1 Å². The summed E-state index contributed by atoms with van der Waals surface area (Å²) in [5.41, 5.74) is 1.86. The molecule has 2 aromatic rings. The number of amides is 2. The highest BCUT2D eigenvalue weighted by atomic mass is 16.2. The second kappa shape index (κ2) is 6.50. The maximum Gasteiger partial charge on any atom is 0.242 e. The van der Waals surface area contributed by atoms with Crippen molar-refractivity contribution in [3.8, 4) is 0 Å². The van der Waals surface area contributed by atoms with E-state index in [0.717, 1.165) is 62.2 Å². The zero-order valence-electron chi connectivity index (χ0n) is 14.6. The summed E-state index contributed by atoms with van der Waals surface area (Å²) in [7, 11) is 0. The summed E-state index contributed by atoms with van der Waals surface area (Å²) in [6.07, 6.45) is 4.06. The van der Waals surface area contributed by atoms with E-state index in [9.17, 15) is 9.59 Å². The van der Waals surface area contributed by atoms with Crippen molar-refractivity contribution in [1.82, 2.24) is 19.4 Å². The first-order valence-corrected chi connectivity index (χ1v) is 9.15. The molecule has 2 aliphatic rings. The molecule has 0 radical (unpaired) electrons. The predicted octanol–water partition coefficient (Wildman–Crippen LogP) is 2.34. The van der Waals surface area contributed by atoms with Crippen LogP contribution in [0.4, 0.5) is 0 Å². The second-order valence-electron chi connectivity index (χ2n) is 7.00. The first-order valence-electron chi connectivity index (χ1n) is 9.15. The van der Waals surface area contributed by atoms with Crippen LogP contribution in [0.25, 0.3) is 11.0 Å². The summed E-state index contributed by atoms with van der Waals surface area (Å²) in [6.45, 7) is 4.38. The first-order chi connectivity index (χ1) is 12.1. The third kappa shape index (κ3) is 2.90. The first kappa shape index (κ1) is 16.1. The van der Waals surface area contributed by atoms with E-state index in [1.807, 2.05) is 38.6 Å². The molecule has 2 saturated heterocycles. The van der Waals surface area contributed by atoms with E-state index in [-0.39, 0.29) is 17.9 Å². The molecule has 2 amide bonds. The molecule has 6 nitrogen and oxygen atoms in total. The number of rotatable bonds is 3. The van der Waals surface area contributed by atoms with Crippen LogP contribution in [0.15, 0.2) is 24.3 Å². The molecule has 2 fully saturated rings. The monoisotopic (exact) mass is 340 g/mol. The number of imidazole rings is 1. The SMILES string of the molecule is CC(=O)N1CCCC1c1nc2ccccc2n1CC(=O)N1CCCC1. The van der Waals surface area contributed by atoms with Gasteiger partial charge >= 0.3 is 0 Å². The van der Waals surface area contributed by atoms with Gasteiger partial charge in [-0.15, -0.1) is 0 Å². The van der Waals surface area contributed by atoms with Crippen molar-refractivity contribution in [2.24, 2.45) is 0 Å². The molecular formula is C19H24N4O2. The van der Waals surface area contributed by atoms with Crippen molar-refractivity contribution >= 4 is 22.8 Å². The van der Waals surface area contributed by atoms with Crippen molar-refractivity contribution in [2.75, 3.05) is 19.6 Å². The number of carbonyl (C=O) groups excluding carboxylic acids is 2. The van der Waals surface area contributed by atoms with Gasteiger partial charge in [0.05, 0.1) is 17.1 Å². The Morgan fingerprint density at radius 3 is 2.64 bits per heavy atom. The van der Waals surface area contributed by atoms with Gasteiger partial charge in [0.25, 0.3) is 0 Å². The highest BCUT2D eigenvalue weighted by Crippen LogP contribution is 2.33. The molecule has 0 aliphatic carbocycles. The third-order valence-corrected chi connectivity index (χ3v) is 5.39. The summed E-state index contributed by atoms with van der Waals surface area (Å²) in [5.74, 6) is 1.07. The van der Waals surface area contributed by atoms with Crippen LogP contribution in [0.1, 0.15) is 44.5 Å². The molecule has 1 aromatic carbocycles. The molecule has 132 valence electrons. The van der Waals surface area contributed by atoms with E-state index < -0.39 is 0 Å². The molecule has 1 aromatic heterocycles. The van der Waals surface area contributed by atoms with Crippen molar-refractivity contribution < 1.29 is 9.59 Å². The quantitative estimate of drug-likeness (QED) is 0.862. The number of hydrogen-bond donors (Lipinski definition) is 0. The van der Waals surface area contributed by atoms with E-state index in [0.29, 0.717) is 6.54 Å². The molecule has 0 saturated carbocycles. The fourth-order valence-corrected chi connectivity index (χ4v) is 4.13. The minimum absolute atomic E-state index is 0.0312. The van der Waals surface area contributed by atoms with Crippen LogP contribution >= 0.6 is 0 Å². The zero-order chi connectivity index (χ0) is 17.4. The van der Waals surface area contributed by atoms with Crippen molar-refractivity contribution in [2.45, 2.75) is 45.2 Å².